The quantitative estimate of drug-likeness (QED) is 0.441. The molecule has 0 amide bonds. The summed E-state index contributed by atoms with van der Waals surface area (Å²) in [7, 11) is 0. The predicted octanol–water partition coefficient (Wildman–Crippen LogP) is 2.33. The van der Waals surface area contributed by atoms with Gasteiger partial charge in [0.15, 0.2) is 11.5 Å². The number of nitriles is 1. The van der Waals surface area contributed by atoms with Crippen molar-refractivity contribution in [1.29, 1.82) is 5.26 Å². The van der Waals surface area contributed by atoms with Crippen LogP contribution in [0.25, 0.3) is 5.65 Å². The maximum Gasteiger partial charge on any atom is 0.158 e. The zero-order chi connectivity index (χ0) is 16.1. The van der Waals surface area contributed by atoms with Gasteiger partial charge in [-0.05, 0) is 17.7 Å². The Kier molecular flexibility index (Phi) is 4.41. The van der Waals surface area contributed by atoms with E-state index in [2.05, 4.69) is 32.4 Å². The Morgan fingerprint density at radius 3 is 2.83 bits per heavy atom. The third kappa shape index (κ3) is 3.10. The molecule has 3 aromatic rings. The number of pyridine rings is 1. The van der Waals surface area contributed by atoms with Gasteiger partial charge in [0.1, 0.15) is 16.7 Å². The number of thioether (sulfide) groups is 1. The van der Waals surface area contributed by atoms with E-state index in [1.54, 1.807) is 29.2 Å². The number of nitrogens with one attached hydrogen (secondary N) is 1. The lowest BCUT2D eigenvalue weighted by Crippen LogP contribution is -2.09. The lowest BCUT2D eigenvalue weighted by Gasteiger charge is -2.12. The van der Waals surface area contributed by atoms with Gasteiger partial charge in [0.2, 0.25) is 0 Å². The van der Waals surface area contributed by atoms with E-state index in [1.165, 1.54) is 11.8 Å². The van der Waals surface area contributed by atoms with Gasteiger partial charge in [0.25, 0.3) is 0 Å². The first-order chi connectivity index (χ1) is 11.3. The van der Waals surface area contributed by atoms with Crippen LogP contribution in [0.1, 0.15) is 11.1 Å². The van der Waals surface area contributed by atoms with Crippen LogP contribution in [0.3, 0.4) is 0 Å². The normalized spacial score (nSPS) is 10.2. The monoisotopic (exact) mass is 320 g/mol. The Bertz CT molecular complexity index is 904. The molecule has 0 radical (unpaired) electrons. The molecule has 3 heterocycles. The highest BCUT2D eigenvalue weighted by molar-refractivity contribution is 7.99. The molecule has 0 aliphatic heterocycles. The maximum absolute atomic E-state index is 9.55. The molecule has 0 atom stereocenters. The molecule has 0 spiro atoms. The van der Waals surface area contributed by atoms with E-state index in [-0.39, 0.29) is 0 Å². The fraction of sp³-hybridized carbons (Fsp3) is 0.125. The minimum atomic E-state index is 0.440. The fourth-order valence-electron chi connectivity index (χ4n) is 2.09. The molecule has 3 rings (SSSR count). The van der Waals surface area contributed by atoms with Gasteiger partial charge in [-0.3, -0.25) is 4.98 Å². The minimum Gasteiger partial charge on any atom is -0.365 e. The molecule has 3 aromatic heterocycles. The molecule has 112 valence electrons. The summed E-state index contributed by atoms with van der Waals surface area (Å²) in [6.07, 6.45) is 10.4. The molecular formula is C16H12N6S. The number of terminal acetylenes is 1. The standard InChI is InChI=1S/C16H12N6S/c1-2-9-23-16-13(10-17)15(22-14(21-16)5-8-20-22)19-11-12-3-6-18-7-4-12/h1,3-8,19H,9,11H2. The second-order valence-electron chi connectivity index (χ2n) is 4.56. The second kappa shape index (κ2) is 6.82. The number of hydrogen-bond acceptors (Lipinski definition) is 6. The topological polar surface area (TPSA) is 78.9 Å². The summed E-state index contributed by atoms with van der Waals surface area (Å²) in [5, 5.41) is 17.7. The van der Waals surface area contributed by atoms with E-state index in [4.69, 9.17) is 6.42 Å². The maximum atomic E-state index is 9.55. The van der Waals surface area contributed by atoms with Crippen LogP contribution in [-0.2, 0) is 6.54 Å². The van der Waals surface area contributed by atoms with Crippen molar-refractivity contribution in [3.05, 3.63) is 47.9 Å². The summed E-state index contributed by atoms with van der Waals surface area (Å²) in [6, 6.07) is 7.82. The van der Waals surface area contributed by atoms with Crippen LogP contribution in [0.2, 0.25) is 0 Å². The van der Waals surface area contributed by atoms with Gasteiger partial charge in [0.05, 0.1) is 11.9 Å². The molecule has 0 aromatic carbocycles. The van der Waals surface area contributed by atoms with Gasteiger partial charge < -0.3 is 5.32 Å². The number of fused-ring (bicyclic) bond motifs is 1. The molecule has 7 heteroatoms. The zero-order valence-electron chi connectivity index (χ0n) is 12.1. The van der Waals surface area contributed by atoms with Gasteiger partial charge in [-0.2, -0.15) is 14.9 Å². The first-order valence-corrected chi connectivity index (χ1v) is 7.79. The number of nitrogens with zero attached hydrogens (tertiary/aromatic N) is 5. The van der Waals surface area contributed by atoms with E-state index >= 15 is 0 Å². The number of rotatable bonds is 5. The number of anilines is 1. The Morgan fingerprint density at radius 2 is 2.09 bits per heavy atom. The van der Waals surface area contributed by atoms with Crippen molar-refractivity contribution in [3.63, 3.8) is 0 Å². The molecule has 0 aliphatic rings. The third-order valence-electron chi connectivity index (χ3n) is 3.11. The molecular weight excluding hydrogens is 308 g/mol. The van der Waals surface area contributed by atoms with Crippen molar-refractivity contribution in [2.24, 2.45) is 0 Å². The molecule has 0 saturated heterocycles. The summed E-state index contributed by atoms with van der Waals surface area (Å²) in [4.78, 5) is 8.45. The van der Waals surface area contributed by atoms with E-state index < -0.39 is 0 Å². The Balaban J connectivity index is 2.01. The van der Waals surface area contributed by atoms with E-state index in [0.717, 1.165) is 5.56 Å². The number of hydrogen-bond donors (Lipinski definition) is 1. The largest absolute Gasteiger partial charge is 0.365 e. The van der Waals surface area contributed by atoms with Crippen LogP contribution >= 0.6 is 11.8 Å². The zero-order valence-corrected chi connectivity index (χ0v) is 12.9. The lowest BCUT2D eigenvalue weighted by atomic mass is 10.2. The average molecular weight is 320 g/mol. The van der Waals surface area contributed by atoms with Gasteiger partial charge in [0, 0.05) is 25.0 Å². The Morgan fingerprint density at radius 1 is 1.26 bits per heavy atom. The van der Waals surface area contributed by atoms with Crippen molar-refractivity contribution in [2.45, 2.75) is 11.6 Å². The van der Waals surface area contributed by atoms with Crippen LogP contribution in [0, 0.1) is 23.7 Å². The molecule has 1 N–H and O–H groups in total. The molecule has 0 fully saturated rings. The Hall–Kier alpha value is -3.03. The SMILES string of the molecule is C#CCSc1nc2ccnn2c(NCc2ccncc2)c1C#N. The number of aromatic nitrogens is 4. The first-order valence-electron chi connectivity index (χ1n) is 6.80. The minimum absolute atomic E-state index is 0.440. The summed E-state index contributed by atoms with van der Waals surface area (Å²) in [5.41, 5.74) is 2.16. The molecule has 0 unspecified atom stereocenters. The lowest BCUT2D eigenvalue weighted by molar-refractivity contribution is 0.897. The van der Waals surface area contributed by atoms with Crippen LogP contribution < -0.4 is 5.32 Å². The second-order valence-corrected chi connectivity index (χ2v) is 5.52. The average Bonchev–Trinajstić information content (AvgIpc) is 3.06. The van der Waals surface area contributed by atoms with Gasteiger partial charge >= 0.3 is 0 Å². The summed E-state index contributed by atoms with van der Waals surface area (Å²) in [6.45, 7) is 0.551. The molecule has 6 nitrogen and oxygen atoms in total. The van der Waals surface area contributed by atoms with Crippen molar-refractivity contribution in [3.8, 4) is 18.4 Å². The van der Waals surface area contributed by atoms with Gasteiger partial charge in [-0.1, -0.05) is 17.7 Å². The highest BCUT2D eigenvalue weighted by atomic mass is 32.2. The van der Waals surface area contributed by atoms with Crippen molar-refractivity contribution in [2.75, 3.05) is 11.1 Å². The van der Waals surface area contributed by atoms with Crippen molar-refractivity contribution in [1.82, 2.24) is 19.6 Å². The van der Waals surface area contributed by atoms with Crippen LogP contribution in [0.5, 0.6) is 0 Å². The molecule has 0 aliphatic carbocycles. The van der Waals surface area contributed by atoms with Crippen LogP contribution in [0.15, 0.2) is 41.8 Å². The fourth-order valence-corrected chi connectivity index (χ4v) is 2.75. The van der Waals surface area contributed by atoms with Crippen LogP contribution in [-0.4, -0.2) is 25.3 Å². The third-order valence-corrected chi connectivity index (χ3v) is 3.99. The highest BCUT2D eigenvalue weighted by Gasteiger charge is 2.16. The van der Waals surface area contributed by atoms with Gasteiger partial charge in [-0.15, -0.1) is 6.42 Å². The first kappa shape index (κ1) is 14.9. The molecule has 0 saturated carbocycles. The summed E-state index contributed by atoms with van der Waals surface area (Å²) in [5.74, 6) is 3.61. The molecule has 23 heavy (non-hydrogen) atoms. The van der Waals surface area contributed by atoms with E-state index in [9.17, 15) is 5.26 Å². The van der Waals surface area contributed by atoms with E-state index in [0.29, 0.717) is 34.4 Å². The highest BCUT2D eigenvalue weighted by Crippen LogP contribution is 2.27. The van der Waals surface area contributed by atoms with Crippen LogP contribution in [0.4, 0.5) is 5.82 Å². The van der Waals surface area contributed by atoms with E-state index in [1.807, 2.05) is 12.1 Å². The summed E-state index contributed by atoms with van der Waals surface area (Å²) >= 11 is 1.36. The van der Waals surface area contributed by atoms with Crippen molar-refractivity contribution < 1.29 is 0 Å². The smallest absolute Gasteiger partial charge is 0.158 e. The Labute approximate surface area is 137 Å². The predicted molar refractivity (Wildman–Crippen MR) is 88.8 cm³/mol. The van der Waals surface area contributed by atoms with Gasteiger partial charge in [-0.25, -0.2) is 4.98 Å². The molecule has 0 bridgehead atoms. The summed E-state index contributed by atoms with van der Waals surface area (Å²) < 4.78 is 1.62. The van der Waals surface area contributed by atoms with Crippen molar-refractivity contribution >= 4 is 23.2 Å².